The normalized spacial score (nSPS) is 28.2. The fourth-order valence-electron chi connectivity index (χ4n) is 3.06. The van der Waals surface area contributed by atoms with Crippen molar-refractivity contribution in [1.29, 1.82) is 0 Å². The van der Waals surface area contributed by atoms with Gasteiger partial charge in [0.2, 0.25) is 0 Å². The van der Waals surface area contributed by atoms with Crippen LogP contribution in [0.3, 0.4) is 0 Å². The lowest BCUT2D eigenvalue weighted by atomic mass is 9.70. The Bertz CT molecular complexity index is 724. The molecule has 5 heteroatoms. The van der Waals surface area contributed by atoms with Crippen LogP contribution in [-0.4, -0.2) is 34.5 Å². The van der Waals surface area contributed by atoms with Crippen LogP contribution >= 0.6 is 0 Å². The van der Waals surface area contributed by atoms with Crippen LogP contribution in [0.25, 0.3) is 0 Å². The topological polar surface area (TPSA) is 54.4 Å². The van der Waals surface area contributed by atoms with E-state index in [9.17, 15) is 14.1 Å². The summed E-state index contributed by atoms with van der Waals surface area (Å²) in [4.78, 5) is 12.8. The third-order valence-corrected chi connectivity index (χ3v) is 7.11. The van der Waals surface area contributed by atoms with Crippen LogP contribution in [0.5, 0.6) is 0 Å². The summed E-state index contributed by atoms with van der Waals surface area (Å²) in [5, 5.41) is 11.4. The molecule has 1 saturated carbocycles. The third-order valence-electron chi connectivity index (χ3n) is 4.69. The minimum Gasteiger partial charge on any atom is -0.387 e. The molecule has 1 aromatic rings. The summed E-state index contributed by atoms with van der Waals surface area (Å²) in [6.45, 7) is 10.3. The predicted molar refractivity (Wildman–Crippen MR) is 105 cm³/mol. The maximum absolute atomic E-state index is 12.8. The summed E-state index contributed by atoms with van der Waals surface area (Å²) in [6, 6.07) is 7.54. The van der Waals surface area contributed by atoms with Gasteiger partial charge < -0.3 is 5.11 Å². The van der Waals surface area contributed by atoms with Crippen molar-refractivity contribution in [3.8, 4) is 11.5 Å². The van der Waals surface area contributed by atoms with Gasteiger partial charge in [-0.05, 0) is 25.0 Å². The van der Waals surface area contributed by atoms with Crippen LogP contribution in [0.15, 0.2) is 29.2 Å². The largest absolute Gasteiger partial charge is 0.387 e. The van der Waals surface area contributed by atoms with Crippen LogP contribution in [0.1, 0.15) is 25.3 Å². The molecular formula is C20H28O3SSi. The molecule has 136 valence electrons. The SMILES string of the molecule is Cc1ccc([S@](=O)C[C@@]2(O)[C@H](C#C[Si](C)(C)C)CC(=O)C[C@@H]2C)cc1. The first-order chi connectivity index (χ1) is 11.5. The summed E-state index contributed by atoms with van der Waals surface area (Å²) in [5.74, 6) is 2.75. The van der Waals surface area contributed by atoms with E-state index in [2.05, 4.69) is 31.1 Å². The van der Waals surface area contributed by atoms with Crippen molar-refractivity contribution in [2.75, 3.05) is 5.75 Å². The molecule has 0 aliphatic heterocycles. The summed E-state index contributed by atoms with van der Waals surface area (Å²) in [7, 11) is -2.94. The Labute approximate surface area is 154 Å². The average Bonchev–Trinajstić information content (AvgIpc) is 2.49. The fraction of sp³-hybridized carbons (Fsp3) is 0.550. The van der Waals surface area contributed by atoms with Crippen molar-refractivity contribution < 1.29 is 14.1 Å². The minimum absolute atomic E-state index is 0.121. The van der Waals surface area contributed by atoms with Crippen molar-refractivity contribution in [1.82, 2.24) is 0 Å². The molecule has 4 atom stereocenters. The predicted octanol–water partition coefficient (Wildman–Crippen LogP) is 3.33. The van der Waals surface area contributed by atoms with E-state index in [1.165, 1.54) is 0 Å². The van der Waals surface area contributed by atoms with Crippen LogP contribution < -0.4 is 0 Å². The van der Waals surface area contributed by atoms with E-state index in [1.807, 2.05) is 38.1 Å². The van der Waals surface area contributed by atoms with Crippen LogP contribution in [0.4, 0.5) is 0 Å². The lowest BCUT2D eigenvalue weighted by Crippen LogP contribution is -2.52. The first-order valence-electron chi connectivity index (χ1n) is 8.73. The molecule has 2 rings (SSSR count). The number of Topliss-reactive ketones (excluding diaryl/α,β-unsaturated/α-hetero) is 1. The van der Waals surface area contributed by atoms with E-state index in [0.29, 0.717) is 11.3 Å². The quantitative estimate of drug-likeness (QED) is 0.650. The van der Waals surface area contributed by atoms with Crippen molar-refractivity contribution in [2.24, 2.45) is 11.8 Å². The molecule has 0 amide bonds. The van der Waals surface area contributed by atoms with Gasteiger partial charge in [-0.25, -0.2) is 0 Å². The second-order valence-corrected chi connectivity index (χ2v) is 14.4. The van der Waals surface area contributed by atoms with Gasteiger partial charge in [-0.1, -0.05) is 44.3 Å². The van der Waals surface area contributed by atoms with Crippen molar-refractivity contribution in [2.45, 2.75) is 56.8 Å². The van der Waals surface area contributed by atoms with Crippen molar-refractivity contribution in [3.63, 3.8) is 0 Å². The second-order valence-electron chi connectivity index (χ2n) is 8.21. The summed E-state index contributed by atoms with van der Waals surface area (Å²) >= 11 is 0. The van der Waals surface area contributed by atoms with Crippen LogP contribution in [0, 0.1) is 30.2 Å². The van der Waals surface area contributed by atoms with Crippen LogP contribution in [0.2, 0.25) is 19.6 Å². The first-order valence-corrected chi connectivity index (χ1v) is 13.5. The zero-order valence-electron chi connectivity index (χ0n) is 15.8. The first kappa shape index (κ1) is 20.1. The van der Waals surface area contributed by atoms with E-state index in [0.717, 1.165) is 5.56 Å². The molecule has 0 heterocycles. The molecule has 1 aliphatic carbocycles. The van der Waals surface area contributed by atoms with Gasteiger partial charge in [0.15, 0.2) is 0 Å². The van der Waals surface area contributed by atoms with Gasteiger partial charge in [0.1, 0.15) is 13.9 Å². The Morgan fingerprint density at radius 2 is 1.84 bits per heavy atom. The Kier molecular flexibility index (Phi) is 6.08. The maximum atomic E-state index is 12.8. The van der Waals surface area contributed by atoms with Crippen LogP contribution in [-0.2, 0) is 15.6 Å². The van der Waals surface area contributed by atoms with E-state index in [-0.39, 0.29) is 23.9 Å². The molecule has 1 aliphatic rings. The molecule has 1 fully saturated rings. The Morgan fingerprint density at radius 1 is 1.24 bits per heavy atom. The van der Waals surface area contributed by atoms with Gasteiger partial charge in [0.05, 0.1) is 28.1 Å². The van der Waals surface area contributed by atoms with E-state index in [4.69, 9.17) is 0 Å². The van der Waals surface area contributed by atoms with E-state index in [1.54, 1.807) is 0 Å². The lowest BCUT2D eigenvalue weighted by Gasteiger charge is -2.41. The third kappa shape index (κ3) is 5.13. The van der Waals surface area contributed by atoms with E-state index >= 15 is 0 Å². The van der Waals surface area contributed by atoms with Gasteiger partial charge in [0, 0.05) is 17.7 Å². The molecule has 0 unspecified atom stereocenters. The molecule has 0 spiro atoms. The van der Waals surface area contributed by atoms with Gasteiger partial charge in [0.25, 0.3) is 0 Å². The molecule has 1 aromatic carbocycles. The molecule has 0 aromatic heterocycles. The van der Waals surface area contributed by atoms with Gasteiger partial charge in [-0.3, -0.25) is 9.00 Å². The molecule has 3 nitrogen and oxygen atoms in total. The fourth-order valence-corrected chi connectivity index (χ4v) is 5.17. The molecule has 1 N–H and O–H groups in total. The highest BCUT2D eigenvalue weighted by Crippen LogP contribution is 2.38. The maximum Gasteiger partial charge on any atom is 0.134 e. The highest BCUT2D eigenvalue weighted by atomic mass is 32.2. The monoisotopic (exact) mass is 376 g/mol. The smallest absolute Gasteiger partial charge is 0.134 e. The number of carbonyl (C=O) groups excluding carboxylic acids is 1. The number of carbonyl (C=O) groups is 1. The molecule has 0 bridgehead atoms. The Hall–Kier alpha value is -1.22. The number of aliphatic hydroxyl groups is 1. The number of aryl methyl sites for hydroxylation is 1. The Balaban J connectivity index is 2.30. The standard InChI is InChI=1S/C20H28O3SSi/c1-15-6-8-19(9-7-15)24(23)14-20(22)16(2)12-18(21)13-17(20)10-11-25(3,4)5/h6-9,16-17,22H,12-14H2,1-5H3/t16-,17+,20-,24+/m0/s1. The number of benzene rings is 1. The molecular weight excluding hydrogens is 348 g/mol. The zero-order chi connectivity index (χ0) is 18.8. The molecule has 0 radical (unpaired) electrons. The number of hydrogen-bond donors (Lipinski definition) is 1. The zero-order valence-corrected chi connectivity index (χ0v) is 17.6. The number of rotatable bonds is 3. The van der Waals surface area contributed by atoms with Crippen molar-refractivity contribution in [3.05, 3.63) is 29.8 Å². The highest BCUT2D eigenvalue weighted by Gasteiger charge is 2.47. The van der Waals surface area contributed by atoms with Gasteiger partial charge >= 0.3 is 0 Å². The second kappa shape index (κ2) is 7.57. The summed E-state index contributed by atoms with van der Waals surface area (Å²) in [6.07, 6.45) is 0.580. The summed E-state index contributed by atoms with van der Waals surface area (Å²) < 4.78 is 12.8. The average molecular weight is 377 g/mol. The van der Waals surface area contributed by atoms with E-state index < -0.39 is 30.4 Å². The Morgan fingerprint density at radius 3 is 2.40 bits per heavy atom. The minimum atomic E-state index is -1.62. The molecule has 25 heavy (non-hydrogen) atoms. The summed E-state index contributed by atoms with van der Waals surface area (Å²) in [5.41, 5.74) is 3.19. The highest BCUT2D eigenvalue weighted by molar-refractivity contribution is 7.85. The van der Waals surface area contributed by atoms with Gasteiger partial charge in [-0.15, -0.1) is 11.5 Å². The lowest BCUT2D eigenvalue weighted by molar-refractivity contribution is -0.132. The number of hydrogen-bond acceptors (Lipinski definition) is 3. The molecule has 0 saturated heterocycles. The number of ketones is 1. The van der Waals surface area contributed by atoms with Gasteiger partial charge in [-0.2, -0.15) is 0 Å². The van der Waals surface area contributed by atoms with Crippen molar-refractivity contribution >= 4 is 24.7 Å².